The Morgan fingerprint density at radius 1 is 1.13 bits per heavy atom. The van der Waals surface area contributed by atoms with Crippen LogP contribution in [0.5, 0.6) is 0 Å². The van der Waals surface area contributed by atoms with E-state index in [4.69, 9.17) is 9.15 Å². The molecule has 1 atom stereocenters. The number of fused-ring (bicyclic) bond motifs is 2. The summed E-state index contributed by atoms with van der Waals surface area (Å²) >= 11 is 0. The van der Waals surface area contributed by atoms with Crippen molar-refractivity contribution in [2.45, 2.75) is 57.5 Å². The first-order valence-corrected chi connectivity index (χ1v) is 8.45. The zero-order valence-electron chi connectivity index (χ0n) is 13.1. The standard InChI is InChI=1S/C19H20O4/c20-16-6-1-2-7-17(16)23-19(21)10-14-11-22-18-9-13-5-3-4-12(13)8-15(14)18/h8-9,11,17H,1-7,10H2/t17-/m1/s1. The molecule has 1 aromatic heterocycles. The van der Waals surface area contributed by atoms with Crippen LogP contribution >= 0.6 is 0 Å². The molecule has 120 valence electrons. The summed E-state index contributed by atoms with van der Waals surface area (Å²) in [5.41, 5.74) is 4.40. The number of ketones is 1. The van der Waals surface area contributed by atoms with Gasteiger partial charge in [0.05, 0.1) is 12.7 Å². The van der Waals surface area contributed by atoms with E-state index in [0.29, 0.717) is 12.8 Å². The highest BCUT2D eigenvalue weighted by molar-refractivity contribution is 5.89. The first-order valence-electron chi connectivity index (χ1n) is 8.45. The van der Waals surface area contributed by atoms with Gasteiger partial charge in [0, 0.05) is 17.4 Å². The van der Waals surface area contributed by atoms with Gasteiger partial charge < -0.3 is 9.15 Å². The molecular weight excluding hydrogens is 292 g/mol. The van der Waals surface area contributed by atoms with Gasteiger partial charge in [-0.2, -0.15) is 0 Å². The van der Waals surface area contributed by atoms with E-state index in [0.717, 1.165) is 42.2 Å². The second kappa shape index (κ2) is 5.84. The Kier molecular flexibility index (Phi) is 3.68. The number of hydrogen-bond donors (Lipinski definition) is 0. The molecule has 0 radical (unpaired) electrons. The molecule has 0 aliphatic heterocycles. The van der Waals surface area contributed by atoms with Gasteiger partial charge in [0.15, 0.2) is 11.9 Å². The van der Waals surface area contributed by atoms with E-state index in [2.05, 4.69) is 12.1 Å². The number of ether oxygens (including phenoxy) is 1. The third-order valence-corrected chi connectivity index (χ3v) is 4.98. The summed E-state index contributed by atoms with van der Waals surface area (Å²) in [6.07, 6.45) is 7.68. The lowest BCUT2D eigenvalue weighted by atomic mass is 9.96. The fraction of sp³-hybridized carbons (Fsp3) is 0.474. The monoisotopic (exact) mass is 312 g/mol. The van der Waals surface area contributed by atoms with Crippen LogP contribution in [0.1, 0.15) is 48.8 Å². The average molecular weight is 312 g/mol. The van der Waals surface area contributed by atoms with Crippen LogP contribution in [-0.4, -0.2) is 17.9 Å². The molecule has 1 heterocycles. The zero-order valence-corrected chi connectivity index (χ0v) is 13.1. The molecule has 2 aliphatic carbocycles. The number of hydrogen-bond acceptors (Lipinski definition) is 4. The number of carbonyl (C=O) groups is 2. The zero-order chi connectivity index (χ0) is 15.8. The molecule has 0 unspecified atom stereocenters. The molecule has 2 aromatic rings. The predicted octanol–water partition coefficient (Wildman–Crippen LogP) is 3.52. The highest BCUT2D eigenvalue weighted by atomic mass is 16.5. The van der Waals surface area contributed by atoms with Crippen LogP contribution in [0.15, 0.2) is 22.8 Å². The summed E-state index contributed by atoms with van der Waals surface area (Å²) in [6.45, 7) is 0. The molecule has 2 aliphatic rings. The van der Waals surface area contributed by atoms with E-state index >= 15 is 0 Å². The second-order valence-corrected chi connectivity index (χ2v) is 6.60. The van der Waals surface area contributed by atoms with Crippen molar-refractivity contribution in [1.29, 1.82) is 0 Å². The largest absolute Gasteiger partial charge is 0.464 e. The average Bonchev–Trinajstić information content (AvgIpc) is 3.14. The summed E-state index contributed by atoms with van der Waals surface area (Å²) in [4.78, 5) is 24.0. The minimum atomic E-state index is -0.543. The van der Waals surface area contributed by atoms with Gasteiger partial charge in [-0.15, -0.1) is 0 Å². The van der Waals surface area contributed by atoms with Gasteiger partial charge >= 0.3 is 5.97 Å². The fourth-order valence-corrected chi connectivity index (χ4v) is 3.72. The van der Waals surface area contributed by atoms with Crippen molar-refractivity contribution in [2.75, 3.05) is 0 Å². The van der Waals surface area contributed by atoms with Crippen molar-refractivity contribution >= 4 is 22.7 Å². The predicted molar refractivity (Wildman–Crippen MR) is 85.3 cm³/mol. The Morgan fingerprint density at radius 3 is 2.78 bits per heavy atom. The van der Waals surface area contributed by atoms with Gasteiger partial charge in [0.2, 0.25) is 0 Å². The molecule has 0 saturated heterocycles. The van der Waals surface area contributed by atoms with Crippen LogP contribution in [0.25, 0.3) is 11.0 Å². The summed E-state index contributed by atoms with van der Waals surface area (Å²) in [6, 6.07) is 4.24. The minimum absolute atomic E-state index is 0.0551. The Labute approximate surface area is 134 Å². The summed E-state index contributed by atoms with van der Waals surface area (Å²) < 4.78 is 11.0. The number of aryl methyl sites for hydroxylation is 2. The molecule has 1 saturated carbocycles. The number of benzene rings is 1. The molecule has 4 heteroatoms. The van der Waals surface area contributed by atoms with Gasteiger partial charge in [0.25, 0.3) is 0 Å². The van der Waals surface area contributed by atoms with E-state index in [9.17, 15) is 9.59 Å². The molecule has 1 aromatic carbocycles. The van der Waals surface area contributed by atoms with E-state index in [-0.39, 0.29) is 18.2 Å². The molecule has 0 spiro atoms. The highest BCUT2D eigenvalue weighted by Gasteiger charge is 2.26. The smallest absolute Gasteiger partial charge is 0.311 e. The SMILES string of the molecule is O=C(Cc1coc2cc3c(cc12)CCC3)O[C@@H]1CCCCC1=O. The minimum Gasteiger partial charge on any atom is -0.464 e. The first kappa shape index (κ1) is 14.5. The van der Waals surface area contributed by atoms with Crippen molar-refractivity contribution < 1.29 is 18.7 Å². The Balaban J connectivity index is 1.51. The highest BCUT2D eigenvalue weighted by Crippen LogP contribution is 2.30. The van der Waals surface area contributed by atoms with Gasteiger partial charge in [0.1, 0.15) is 5.58 Å². The number of esters is 1. The summed E-state index contributed by atoms with van der Waals surface area (Å²) in [5, 5.41) is 0.998. The fourth-order valence-electron chi connectivity index (χ4n) is 3.72. The third kappa shape index (κ3) is 2.78. The van der Waals surface area contributed by atoms with Crippen LogP contribution in [0.2, 0.25) is 0 Å². The molecule has 4 rings (SSSR count). The van der Waals surface area contributed by atoms with Crippen LogP contribution in [0.3, 0.4) is 0 Å². The van der Waals surface area contributed by atoms with Crippen molar-refractivity contribution in [1.82, 2.24) is 0 Å². The lowest BCUT2D eigenvalue weighted by molar-refractivity contribution is -0.156. The maximum Gasteiger partial charge on any atom is 0.311 e. The van der Waals surface area contributed by atoms with Gasteiger partial charge in [-0.3, -0.25) is 9.59 Å². The van der Waals surface area contributed by atoms with Crippen LogP contribution in [0.4, 0.5) is 0 Å². The maximum atomic E-state index is 12.2. The third-order valence-electron chi connectivity index (χ3n) is 4.98. The van der Waals surface area contributed by atoms with Crippen molar-refractivity contribution in [3.63, 3.8) is 0 Å². The van der Waals surface area contributed by atoms with E-state index in [1.54, 1.807) is 6.26 Å². The second-order valence-electron chi connectivity index (χ2n) is 6.60. The van der Waals surface area contributed by atoms with Crippen LogP contribution in [-0.2, 0) is 33.6 Å². The number of Topliss-reactive ketones (excluding diaryl/α,β-unsaturated/α-hetero) is 1. The Bertz CT molecular complexity index is 771. The lowest BCUT2D eigenvalue weighted by Crippen LogP contribution is -2.30. The van der Waals surface area contributed by atoms with E-state index < -0.39 is 6.10 Å². The molecule has 0 bridgehead atoms. The molecular formula is C19H20O4. The molecule has 1 fully saturated rings. The Morgan fingerprint density at radius 2 is 1.96 bits per heavy atom. The summed E-state index contributed by atoms with van der Waals surface area (Å²) in [7, 11) is 0. The van der Waals surface area contributed by atoms with E-state index in [1.165, 1.54) is 17.5 Å². The Hall–Kier alpha value is -2.10. The maximum absolute atomic E-state index is 12.2. The van der Waals surface area contributed by atoms with Crippen molar-refractivity contribution in [3.05, 3.63) is 35.1 Å². The number of furan rings is 1. The first-order chi connectivity index (χ1) is 11.2. The van der Waals surface area contributed by atoms with Crippen LogP contribution < -0.4 is 0 Å². The number of carbonyl (C=O) groups excluding carboxylic acids is 2. The number of rotatable bonds is 3. The van der Waals surface area contributed by atoms with Crippen molar-refractivity contribution in [2.24, 2.45) is 0 Å². The summed E-state index contributed by atoms with van der Waals surface area (Å²) in [5.74, 6) is -0.284. The topological polar surface area (TPSA) is 56.5 Å². The van der Waals surface area contributed by atoms with Gasteiger partial charge in [-0.05, 0) is 61.8 Å². The van der Waals surface area contributed by atoms with Crippen molar-refractivity contribution in [3.8, 4) is 0 Å². The van der Waals surface area contributed by atoms with Gasteiger partial charge in [-0.25, -0.2) is 0 Å². The van der Waals surface area contributed by atoms with Gasteiger partial charge in [-0.1, -0.05) is 0 Å². The molecule has 4 nitrogen and oxygen atoms in total. The molecule has 0 N–H and O–H groups in total. The molecule has 23 heavy (non-hydrogen) atoms. The lowest BCUT2D eigenvalue weighted by Gasteiger charge is -2.20. The molecule has 0 amide bonds. The quantitative estimate of drug-likeness (QED) is 0.814. The van der Waals surface area contributed by atoms with Crippen LogP contribution in [0, 0.1) is 0 Å². The van der Waals surface area contributed by atoms with E-state index in [1.807, 2.05) is 0 Å². The normalized spacial score (nSPS) is 20.7.